The van der Waals surface area contributed by atoms with Gasteiger partial charge in [-0.1, -0.05) is 24.3 Å². The number of carbonyl (C=O) groups is 1. The van der Waals surface area contributed by atoms with Gasteiger partial charge < -0.3 is 10.2 Å². The molecule has 0 bridgehead atoms. The van der Waals surface area contributed by atoms with Crippen molar-refractivity contribution in [3.8, 4) is 0 Å². The second-order valence-corrected chi connectivity index (χ2v) is 5.69. The number of benzene rings is 1. The Balaban J connectivity index is 1.84. The molecule has 3 heteroatoms. The molecule has 1 aliphatic rings. The average Bonchev–Trinajstić information content (AvgIpc) is 2.43. The van der Waals surface area contributed by atoms with Gasteiger partial charge in [0.2, 0.25) is 5.91 Å². The number of amides is 1. The molecule has 0 radical (unpaired) electrons. The van der Waals surface area contributed by atoms with Crippen molar-refractivity contribution in [2.45, 2.75) is 45.2 Å². The van der Waals surface area contributed by atoms with Gasteiger partial charge in [-0.3, -0.25) is 4.79 Å². The number of fused-ring (bicyclic) bond motifs is 1. The van der Waals surface area contributed by atoms with Crippen molar-refractivity contribution in [1.82, 2.24) is 10.2 Å². The molecule has 2 rings (SSSR count). The largest absolute Gasteiger partial charge is 0.342 e. The van der Waals surface area contributed by atoms with Crippen molar-refractivity contribution in [2.24, 2.45) is 0 Å². The van der Waals surface area contributed by atoms with Crippen LogP contribution < -0.4 is 5.32 Å². The van der Waals surface area contributed by atoms with Gasteiger partial charge in [-0.15, -0.1) is 0 Å². The fourth-order valence-electron chi connectivity index (χ4n) is 2.52. The van der Waals surface area contributed by atoms with Crippen LogP contribution in [0.15, 0.2) is 24.3 Å². The van der Waals surface area contributed by atoms with E-state index >= 15 is 0 Å². The molecule has 0 saturated carbocycles. The normalized spacial score (nSPS) is 18.2. The molecule has 0 spiro atoms. The SMILES string of the molecule is CC(C)N(C)C(=O)CNC1CCc2ccccc2C1. The molecule has 0 fully saturated rings. The topological polar surface area (TPSA) is 32.3 Å². The van der Waals surface area contributed by atoms with Crippen LogP contribution >= 0.6 is 0 Å². The van der Waals surface area contributed by atoms with Gasteiger partial charge in [0.25, 0.3) is 0 Å². The third-order valence-electron chi connectivity index (χ3n) is 4.06. The van der Waals surface area contributed by atoms with E-state index in [1.54, 1.807) is 4.90 Å². The summed E-state index contributed by atoms with van der Waals surface area (Å²) in [5, 5.41) is 3.41. The van der Waals surface area contributed by atoms with Crippen molar-refractivity contribution in [2.75, 3.05) is 13.6 Å². The van der Waals surface area contributed by atoms with Crippen LogP contribution in [-0.2, 0) is 17.6 Å². The van der Waals surface area contributed by atoms with Crippen LogP contribution in [0.25, 0.3) is 0 Å². The Kier molecular flexibility index (Phi) is 4.59. The predicted molar refractivity (Wildman–Crippen MR) is 78.2 cm³/mol. The summed E-state index contributed by atoms with van der Waals surface area (Å²) in [4.78, 5) is 13.7. The number of hydrogen-bond donors (Lipinski definition) is 1. The van der Waals surface area contributed by atoms with Crippen molar-refractivity contribution >= 4 is 5.91 Å². The number of carbonyl (C=O) groups excluding carboxylic acids is 1. The summed E-state index contributed by atoms with van der Waals surface area (Å²) < 4.78 is 0. The maximum Gasteiger partial charge on any atom is 0.236 e. The number of likely N-dealkylation sites (N-methyl/N-ethyl adjacent to an activating group) is 1. The third-order valence-corrected chi connectivity index (χ3v) is 4.06. The van der Waals surface area contributed by atoms with Gasteiger partial charge in [-0.05, 0) is 44.2 Å². The molecular weight excluding hydrogens is 236 g/mol. The maximum atomic E-state index is 11.9. The van der Waals surface area contributed by atoms with E-state index in [-0.39, 0.29) is 11.9 Å². The molecule has 3 nitrogen and oxygen atoms in total. The summed E-state index contributed by atoms with van der Waals surface area (Å²) in [6, 6.07) is 9.31. The Labute approximate surface area is 116 Å². The lowest BCUT2D eigenvalue weighted by Gasteiger charge is -2.27. The van der Waals surface area contributed by atoms with Gasteiger partial charge in [0.1, 0.15) is 0 Å². The lowest BCUT2D eigenvalue weighted by atomic mass is 9.88. The van der Waals surface area contributed by atoms with Crippen LogP contribution in [0.5, 0.6) is 0 Å². The molecule has 1 aromatic rings. The van der Waals surface area contributed by atoms with Crippen molar-refractivity contribution < 1.29 is 4.79 Å². The number of rotatable bonds is 4. The highest BCUT2D eigenvalue weighted by Crippen LogP contribution is 2.20. The molecule has 1 N–H and O–H groups in total. The van der Waals surface area contributed by atoms with E-state index in [0.29, 0.717) is 12.6 Å². The van der Waals surface area contributed by atoms with Crippen molar-refractivity contribution in [3.63, 3.8) is 0 Å². The quantitative estimate of drug-likeness (QED) is 0.898. The Bertz CT molecular complexity index is 442. The summed E-state index contributed by atoms with van der Waals surface area (Å²) in [5.74, 6) is 0.175. The monoisotopic (exact) mass is 260 g/mol. The van der Waals surface area contributed by atoms with Gasteiger partial charge in [0.15, 0.2) is 0 Å². The molecule has 0 saturated heterocycles. The van der Waals surface area contributed by atoms with Gasteiger partial charge in [0.05, 0.1) is 6.54 Å². The fourth-order valence-corrected chi connectivity index (χ4v) is 2.52. The van der Waals surface area contributed by atoms with Gasteiger partial charge in [0, 0.05) is 19.1 Å². The highest BCUT2D eigenvalue weighted by Gasteiger charge is 2.19. The summed E-state index contributed by atoms with van der Waals surface area (Å²) in [5.41, 5.74) is 2.89. The molecule has 1 aromatic carbocycles. The summed E-state index contributed by atoms with van der Waals surface area (Å²) in [7, 11) is 1.87. The van der Waals surface area contributed by atoms with E-state index in [2.05, 4.69) is 29.6 Å². The molecule has 1 amide bonds. The first-order valence-corrected chi connectivity index (χ1v) is 7.13. The summed E-state index contributed by atoms with van der Waals surface area (Å²) in [6.07, 6.45) is 3.27. The van der Waals surface area contributed by atoms with E-state index in [1.165, 1.54) is 11.1 Å². The van der Waals surface area contributed by atoms with Crippen molar-refractivity contribution in [3.05, 3.63) is 35.4 Å². The van der Waals surface area contributed by atoms with Crippen LogP contribution in [0.1, 0.15) is 31.4 Å². The van der Waals surface area contributed by atoms with E-state index in [9.17, 15) is 4.79 Å². The molecule has 19 heavy (non-hydrogen) atoms. The Morgan fingerprint density at radius 3 is 2.74 bits per heavy atom. The Hall–Kier alpha value is -1.35. The molecule has 0 heterocycles. The Morgan fingerprint density at radius 1 is 1.37 bits per heavy atom. The van der Waals surface area contributed by atoms with Crippen LogP contribution in [-0.4, -0.2) is 36.5 Å². The number of aryl methyl sites for hydroxylation is 1. The zero-order valence-corrected chi connectivity index (χ0v) is 12.1. The molecule has 0 aromatic heterocycles. The minimum absolute atomic E-state index is 0.175. The third kappa shape index (κ3) is 3.57. The summed E-state index contributed by atoms with van der Waals surface area (Å²) >= 11 is 0. The molecular formula is C16H24N2O. The summed E-state index contributed by atoms with van der Waals surface area (Å²) in [6.45, 7) is 4.52. The van der Waals surface area contributed by atoms with Crippen LogP contribution in [0.2, 0.25) is 0 Å². The highest BCUT2D eigenvalue weighted by molar-refractivity contribution is 5.78. The van der Waals surface area contributed by atoms with Crippen LogP contribution in [0, 0.1) is 0 Å². The first kappa shape index (κ1) is 14.1. The molecule has 0 aliphatic heterocycles. The zero-order chi connectivity index (χ0) is 13.8. The van der Waals surface area contributed by atoms with Crippen molar-refractivity contribution in [1.29, 1.82) is 0 Å². The van der Waals surface area contributed by atoms with Gasteiger partial charge in [-0.25, -0.2) is 0 Å². The lowest BCUT2D eigenvalue weighted by Crippen LogP contribution is -2.44. The first-order chi connectivity index (χ1) is 9.08. The van der Waals surface area contributed by atoms with Crippen LogP contribution in [0.3, 0.4) is 0 Å². The van der Waals surface area contributed by atoms with E-state index < -0.39 is 0 Å². The van der Waals surface area contributed by atoms with Gasteiger partial charge >= 0.3 is 0 Å². The molecule has 1 aliphatic carbocycles. The second kappa shape index (κ2) is 6.20. The molecule has 1 atom stereocenters. The fraction of sp³-hybridized carbons (Fsp3) is 0.562. The Morgan fingerprint density at radius 2 is 2.05 bits per heavy atom. The number of nitrogens with zero attached hydrogens (tertiary/aromatic N) is 1. The standard InChI is InChI=1S/C16H24N2O/c1-12(2)18(3)16(19)11-17-15-9-8-13-6-4-5-7-14(13)10-15/h4-7,12,15,17H,8-11H2,1-3H3. The van der Waals surface area contributed by atoms with Crippen LogP contribution in [0.4, 0.5) is 0 Å². The van der Waals surface area contributed by atoms with E-state index in [0.717, 1.165) is 19.3 Å². The molecule has 1 unspecified atom stereocenters. The molecule has 104 valence electrons. The minimum Gasteiger partial charge on any atom is -0.342 e. The lowest BCUT2D eigenvalue weighted by molar-refractivity contribution is -0.130. The van der Waals surface area contributed by atoms with E-state index in [4.69, 9.17) is 0 Å². The van der Waals surface area contributed by atoms with E-state index in [1.807, 2.05) is 20.9 Å². The highest BCUT2D eigenvalue weighted by atomic mass is 16.2. The maximum absolute atomic E-state index is 11.9. The number of nitrogens with one attached hydrogen (secondary N) is 1. The minimum atomic E-state index is 0.175. The number of hydrogen-bond acceptors (Lipinski definition) is 2. The van der Waals surface area contributed by atoms with Gasteiger partial charge in [-0.2, -0.15) is 0 Å². The zero-order valence-electron chi connectivity index (χ0n) is 12.1. The smallest absolute Gasteiger partial charge is 0.236 e. The average molecular weight is 260 g/mol. The first-order valence-electron chi connectivity index (χ1n) is 7.13. The predicted octanol–water partition coefficient (Wildman–Crippen LogP) is 2.00. The second-order valence-electron chi connectivity index (χ2n) is 5.69.